The number of carbonyl (C=O) groups excluding carboxylic acids is 1. The molecular formula is C10H7ClF4O2. The fourth-order valence-corrected chi connectivity index (χ4v) is 1.57. The maximum atomic E-state index is 12.6. The van der Waals surface area contributed by atoms with Gasteiger partial charge in [0.05, 0.1) is 16.1 Å². The second-order valence-electron chi connectivity index (χ2n) is 3.08. The van der Waals surface area contributed by atoms with E-state index in [4.69, 9.17) is 11.6 Å². The molecule has 0 aromatic heterocycles. The van der Waals surface area contributed by atoms with Crippen LogP contribution in [0.1, 0.15) is 29.3 Å². The van der Waals surface area contributed by atoms with Gasteiger partial charge in [0.2, 0.25) is 0 Å². The van der Waals surface area contributed by atoms with Crippen LogP contribution in [0.5, 0.6) is 5.75 Å². The lowest BCUT2D eigenvalue weighted by atomic mass is 10.1. The molecule has 0 saturated carbocycles. The van der Waals surface area contributed by atoms with Crippen LogP contribution < -0.4 is 4.74 Å². The highest BCUT2D eigenvalue weighted by atomic mass is 35.5. The Morgan fingerprint density at radius 2 is 1.88 bits per heavy atom. The standard InChI is InChI=1S/C10H7ClF4O2/c1-4(16)7-6(11)3-2-5(9(12)13)8(7)17-10(14)15/h2-3,9-10H,1H3. The number of rotatable bonds is 4. The molecule has 0 spiro atoms. The van der Waals surface area contributed by atoms with Crippen LogP contribution >= 0.6 is 11.6 Å². The van der Waals surface area contributed by atoms with E-state index >= 15 is 0 Å². The van der Waals surface area contributed by atoms with Crippen molar-refractivity contribution in [2.75, 3.05) is 0 Å². The number of ketones is 1. The highest BCUT2D eigenvalue weighted by molar-refractivity contribution is 6.34. The first-order chi connectivity index (χ1) is 7.84. The Morgan fingerprint density at radius 3 is 2.29 bits per heavy atom. The first-order valence-corrected chi connectivity index (χ1v) is 4.78. The number of alkyl halides is 4. The van der Waals surface area contributed by atoms with Gasteiger partial charge in [0.25, 0.3) is 6.43 Å². The number of hydrogen-bond donors (Lipinski definition) is 0. The molecule has 2 nitrogen and oxygen atoms in total. The van der Waals surface area contributed by atoms with E-state index in [1.165, 1.54) is 0 Å². The van der Waals surface area contributed by atoms with Crippen LogP contribution in [-0.2, 0) is 0 Å². The van der Waals surface area contributed by atoms with Crippen LogP contribution in [0, 0.1) is 0 Å². The minimum absolute atomic E-state index is 0.211. The van der Waals surface area contributed by atoms with Gasteiger partial charge in [-0.2, -0.15) is 8.78 Å². The molecule has 0 fully saturated rings. The van der Waals surface area contributed by atoms with Crippen molar-refractivity contribution in [2.45, 2.75) is 20.0 Å². The fraction of sp³-hybridized carbons (Fsp3) is 0.300. The SMILES string of the molecule is CC(=O)c1c(Cl)ccc(C(F)F)c1OC(F)F. The van der Waals surface area contributed by atoms with Gasteiger partial charge in [0, 0.05) is 0 Å². The number of Topliss-reactive ketones (excluding diaryl/α,β-unsaturated/α-hetero) is 1. The Kier molecular flexibility index (Phi) is 4.34. The summed E-state index contributed by atoms with van der Waals surface area (Å²) in [6, 6.07) is 1.88. The van der Waals surface area contributed by atoms with Crippen molar-refractivity contribution in [3.8, 4) is 5.75 Å². The van der Waals surface area contributed by atoms with Gasteiger partial charge in [-0.15, -0.1) is 0 Å². The van der Waals surface area contributed by atoms with Gasteiger partial charge in [-0.05, 0) is 19.1 Å². The number of benzene rings is 1. The molecule has 0 unspecified atom stereocenters. The summed E-state index contributed by atoms with van der Waals surface area (Å²) in [4.78, 5) is 11.2. The summed E-state index contributed by atoms with van der Waals surface area (Å²) in [6.45, 7) is -2.29. The molecule has 1 aromatic carbocycles. The average molecular weight is 271 g/mol. The minimum atomic E-state index is -3.32. The molecule has 0 saturated heterocycles. The lowest BCUT2D eigenvalue weighted by Crippen LogP contribution is -2.10. The molecule has 1 rings (SSSR count). The Bertz CT molecular complexity index is 435. The topological polar surface area (TPSA) is 26.3 Å². The van der Waals surface area contributed by atoms with Gasteiger partial charge in [0.15, 0.2) is 5.78 Å². The minimum Gasteiger partial charge on any atom is -0.433 e. The predicted octanol–water partition coefficient (Wildman–Crippen LogP) is 4.08. The monoisotopic (exact) mass is 270 g/mol. The van der Waals surface area contributed by atoms with Gasteiger partial charge in [-0.1, -0.05) is 11.6 Å². The van der Waals surface area contributed by atoms with Gasteiger partial charge in [0.1, 0.15) is 5.75 Å². The lowest BCUT2D eigenvalue weighted by Gasteiger charge is -2.14. The van der Waals surface area contributed by atoms with Crippen LogP contribution in [-0.4, -0.2) is 12.4 Å². The summed E-state index contributed by atoms with van der Waals surface area (Å²) >= 11 is 5.59. The normalized spacial score (nSPS) is 11.1. The highest BCUT2D eigenvalue weighted by Gasteiger charge is 2.24. The van der Waals surface area contributed by atoms with E-state index in [1.54, 1.807) is 0 Å². The molecule has 7 heteroatoms. The summed E-state index contributed by atoms with van der Waals surface area (Å²) < 4.78 is 53.3. The van der Waals surface area contributed by atoms with Crippen molar-refractivity contribution in [1.82, 2.24) is 0 Å². The second kappa shape index (κ2) is 5.35. The largest absolute Gasteiger partial charge is 0.433 e. The third kappa shape index (κ3) is 3.09. The summed E-state index contributed by atoms with van der Waals surface area (Å²) in [5.74, 6) is -1.59. The van der Waals surface area contributed by atoms with E-state index in [-0.39, 0.29) is 5.02 Å². The maximum Gasteiger partial charge on any atom is 0.387 e. The first kappa shape index (κ1) is 13.8. The van der Waals surface area contributed by atoms with Crippen molar-refractivity contribution < 1.29 is 27.1 Å². The lowest BCUT2D eigenvalue weighted by molar-refractivity contribution is -0.0522. The quantitative estimate of drug-likeness (QED) is 0.609. The summed E-state index contributed by atoms with van der Waals surface area (Å²) in [5, 5.41) is -0.211. The molecule has 1 aromatic rings. The molecule has 0 aliphatic rings. The van der Waals surface area contributed by atoms with Crippen molar-refractivity contribution in [3.05, 3.63) is 28.3 Å². The van der Waals surface area contributed by atoms with Crippen molar-refractivity contribution >= 4 is 17.4 Å². The zero-order valence-electron chi connectivity index (χ0n) is 8.52. The number of hydrogen-bond acceptors (Lipinski definition) is 2. The van der Waals surface area contributed by atoms with Gasteiger partial charge in [-0.25, -0.2) is 8.78 Å². The van der Waals surface area contributed by atoms with Crippen molar-refractivity contribution in [2.24, 2.45) is 0 Å². The molecule has 0 atom stereocenters. The maximum absolute atomic E-state index is 12.6. The molecule has 94 valence electrons. The summed E-state index contributed by atoms with van der Waals surface area (Å²) in [6.07, 6.45) is -3.04. The van der Waals surface area contributed by atoms with E-state index in [2.05, 4.69) is 4.74 Å². The van der Waals surface area contributed by atoms with Crippen molar-refractivity contribution in [1.29, 1.82) is 0 Å². The predicted molar refractivity (Wildman–Crippen MR) is 53.0 cm³/mol. The van der Waals surface area contributed by atoms with E-state index < -0.39 is 35.7 Å². The Hall–Kier alpha value is -1.30. The zero-order chi connectivity index (χ0) is 13.2. The van der Waals surface area contributed by atoms with Crippen LogP contribution in [0.2, 0.25) is 5.02 Å². The molecule has 0 bridgehead atoms. The van der Waals surface area contributed by atoms with Crippen LogP contribution in [0.15, 0.2) is 12.1 Å². The third-order valence-electron chi connectivity index (χ3n) is 1.93. The van der Waals surface area contributed by atoms with Crippen LogP contribution in [0.4, 0.5) is 17.6 Å². The van der Waals surface area contributed by atoms with E-state index in [0.717, 1.165) is 19.1 Å². The number of ether oxygens (including phenoxy) is 1. The van der Waals surface area contributed by atoms with Crippen LogP contribution in [0.3, 0.4) is 0 Å². The molecule has 0 amide bonds. The molecule has 17 heavy (non-hydrogen) atoms. The second-order valence-corrected chi connectivity index (χ2v) is 3.48. The Balaban J connectivity index is 3.44. The molecular weight excluding hydrogens is 264 g/mol. The highest BCUT2D eigenvalue weighted by Crippen LogP contribution is 2.37. The molecule has 0 radical (unpaired) electrons. The summed E-state index contributed by atoms with van der Waals surface area (Å²) in [5.41, 5.74) is -1.26. The van der Waals surface area contributed by atoms with Crippen molar-refractivity contribution in [3.63, 3.8) is 0 Å². The van der Waals surface area contributed by atoms with Gasteiger partial charge < -0.3 is 4.74 Å². The number of carbonyl (C=O) groups is 1. The third-order valence-corrected chi connectivity index (χ3v) is 2.25. The Morgan fingerprint density at radius 1 is 1.29 bits per heavy atom. The van der Waals surface area contributed by atoms with E-state index in [1.807, 2.05) is 0 Å². The smallest absolute Gasteiger partial charge is 0.387 e. The number of halogens is 5. The first-order valence-electron chi connectivity index (χ1n) is 4.41. The van der Waals surface area contributed by atoms with Gasteiger partial charge >= 0.3 is 6.61 Å². The Labute approximate surface area is 99.1 Å². The average Bonchev–Trinajstić information content (AvgIpc) is 2.15. The fourth-order valence-electron chi connectivity index (χ4n) is 1.29. The van der Waals surface area contributed by atoms with E-state index in [0.29, 0.717) is 0 Å². The molecule has 0 N–H and O–H groups in total. The summed E-state index contributed by atoms with van der Waals surface area (Å²) in [7, 11) is 0. The van der Waals surface area contributed by atoms with Crippen LogP contribution in [0.25, 0.3) is 0 Å². The van der Waals surface area contributed by atoms with E-state index in [9.17, 15) is 22.4 Å². The molecule has 0 heterocycles. The molecule has 0 aliphatic heterocycles. The molecule has 0 aliphatic carbocycles. The zero-order valence-corrected chi connectivity index (χ0v) is 9.27. The van der Waals surface area contributed by atoms with Gasteiger partial charge in [-0.3, -0.25) is 4.79 Å².